The number of hydrogen-bond acceptors (Lipinski definition) is 3. The van der Waals surface area contributed by atoms with Gasteiger partial charge in [0.2, 0.25) is 11.8 Å². The predicted octanol–water partition coefficient (Wildman–Crippen LogP) is 2.30. The fourth-order valence-electron chi connectivity index (χ4n) is 2.81. The Labute approximate surface area is 161 Å². The third-order valence-corrected chi connectivity index (χ3v) is 4.52. The summed E-state index contributed by atoms with van der Waals surface area (Å²) in [6.45, 7) is 9.23. The summed E-state index contributed by atoms with van der Waals surface area (Å²) in [4.78, 5) is 40.7. The van der Waals surface area contributed by atoms with E-state index >= 15 is 0 Å². The Balaban J connectivity index is 1.89. The smallest absolute Gasteiger partial charge is 0.321 e. The minimum atomic E-state index is -0.582. The quantitative estimate of drug-likeness (QED) is 0.852. The van der Waals surface area contributed by atoms with E-state index in [9.17, 15) is 14.4 Å². The molecule has 1 aromatic carbocycles. The SMILES string of the molecule is CC(NC(=O)C(C)(C)C)C(=O)N1CCCN(C(=O)Nc2ccccc2)CC1. The van der Waals surface area contributed by atoms with Crippen LogP contribution in [0.25, 0.3) is 0 Å². The van der Waals surface area contributed by atoms with Gasteiger partial charge in [-0.25, -0.2) is 4.79 Å². The Morgan fingerprint density at radius 3 is 2.19 bits per heavy atom. The van der Waals surface area contributed by atoms with E-state index in [1.807, 2.05) is 51.1 Å². The van der Waals surface area contributed by atoms with Gasteiger partial charge in [0.25, 0.3) is 0 Å². The first-order chi connectivity index (χ1) is 12.7. The fourth-order valence-corrected chi connectivity index (χ4v) is 2.81. The van der Waals surface area contributed by atoms with Crippen LogP contribution in [0.5, 0.6) is 0 Å². The molecular weight excluding hydrogens is 344 g/mol. The van der Waals surface area contributed by atoms with E-state index in [2.05, 4.69) is 10.6 Å². The van der Waals surface area contributed by atoms with Gasteiger partial charge in [-0.2, -0.15) is 0 Å². The maximum Gasteiger partial charge on any atom is 0.321 e. The zero-order valence-corrected chi connectivity index (χ0v) is 16.6. The Kier molecular flexibility index (Phi) is 6.82. The average Bonchev–Trinajstić information content (AvgIpc) is 2.87. The van der Waals surface area contributed by atoms with Gasteiger partial charge in [-0.05, 0) is 25.5 Å². The summed E-state index contributed by atoms with van der Waals surface area (Å²) in [6, 6.07) is 8.56. The number of carbonyl (C=O) groups is 3. The highest BCUT2D eigenvalue weighted by Gasteiger charge is 2.29. The van der Waals surface area contributed by atoms with E-state index < -0.39 is 11.5 Å². The van der Waals surface area contributed by atoms with Gasteiger partial charge < -0.3 is 20.4 Å². The zero-order valence-electron chi connectivity index (χ0n) is 16.6. The van der Waals surface area contributed by atoms with E-state index in [0.717, 1.165) is 5.69 Å². The van der Waals surface area contributed by atoms with Crippen LogP contribution in [-0.4, -0.2) is 59.9 Å². The maximum absolute atomic E-state index is 12.7. The zero-order chi connectivity index (χ0) is 20.0. The van der Waals surface area contributed by atoms with Crippen LogP contribution in [-0.2, 0) is 9.59 Å². The minimum absolute atomic E-state index is 0.113. The van der Waals surface area contributed by atoms with Crippen molar-refractivity contribution in [1.29, 1.82) is 0 Å². The molecule has 7 nitrogen and oxygen atoms in total. The molecule has 2 rings (SSSR count). The molecule has 1 aliphatic rings. The number of rotatable bonds is 3. The third kappa shape index (κ3) is 5.98. The molecular formula is C20H30N4O3. The van der Waals surface area contributed by atoms with Gasteiger partial charge in [0.1, 0.15) is 6.04 Å². The number of nitrogens with one attached hydrogen (secondary N) is 2. The Morgan fingerprint density at radius 1 is 0.963 bits per heavy atom. The average molecular weight is 374 g/mol. The van der Waals surface area contributed by atoms with Crippen LogP contribution in [0.2, 0.25) is 0 Å². The minimum Gasteiger partial charge on any atom is -0.344 e. The van der Waals surface area contributed by atoms with Gasteiger partial charge in [-0.3, -0.25) is 9.59 Å². The van der Waals surface area contributed by atoms with Crippen LogP contribution in [0.15, 0.2) is 30.3 Å². The standard InChI is InChI=1S/C20H30N4O3/c1-15(21-18(26)20(2,3)4)17(25)23-11-8-12-24(14-13-23)19(27)22-16-9-6-5-7-10-16/h5-7,9-10,15H,8,11-14H2,1-4H3,(H,21,26)(H,22,27). The summed E-state index contributed by atoms with van der Waals surface area (Å²) in [5.74, 6) is -0.264. The molecule has 27 heavy (non-hydrogen) atoms. The van der Waals surface area contributed by atoms with E-state index in [1.54, 1.807) is 16.7 Å². The molecule has 148 valence electrons. The number of amides is 4. The highest BCUT2D eigenvalue weighted by Crippen LogP contribution is 2.14. The van der Waals surface area contributed by atoms with Crippen LogP contribution in [0.4, 0.5) is 10.5 Å². The van der Waals surface area contributed by atoms with Gasteiger partial charge in [-0.15, -0.1) is 0 Å². The van der Waals surface area contributed by atoms with Gasteiger partial charge in [0, 0.05) is 37.3 Å². The summed E-state index contributed by atoms with van der Waals surface area (Å²) in [6.07, 6.45) is 0.702. The molecule has 1 heterocycles. The molecule has 0 spiro atoms. The van der Waals surface area contributed by atoms with Gasteiger partial charge in [0.05, 0.1) is 0 Å². The molecule has 1 atom stereocenters. The second kappa shape index (κ2) is 8.88. The Morgan fingerprint density at radius 2 is 1.56 bits per heavy atom. The van der Waals surface area contributed by atoms with Gasteiger partial charge in [-0.1, -0.05) is 39.0 Å². The molecule has 2 N–H and O–H groups in total. The van der Waals surface area contributed by atoms with Crippen LogP contribution < -0.4 is 10.6 Å². The number of anilines is 1. The van der Waals surface area contributed by atoms with Crippen molar-refractivity contribution in [3.05, 3.63) is 30.3 Å². The first kappa shape index (κ1) is 20.7. The second-order valence-corrected chi connectivity index (χ2v) is 7.91. The van der Waals surface area contributed by atoms with Crippen molar-refractivity contribution in [3.63, 3.8) is 0 Å². The number of para-hydroxylation sites is 1. The van der Waals surface area contributed by atoms with Crippen molar-refractivity contribution < 1.29 is 14.4 Å². The topological polar surface area (TPSA) is 81.8 Å². The lowest BCUT2D eigenvalue weighted by molar-refractivity contribution is -0.138. The van der Waals surface area contributed by atoms with Crippen molar-refractivity contribution in [2.45, 2.75) is 40.2 Å². The lowest BCUT2D eigenvalue weighted by atomic mass is 9.95. The maximum atomic E-state index is 12.7. The molecule has 4 amide bonds. The van der Waals surface area contributed by atoms with Crippen LogP contribution >= 0.6 is 0 Å². The van der Waals surface area contributed by atoms with Crippen LogP contribution in [0, 0.1) is 5.41 Å². The molecule has 1 aliphatic heterocycles. The molecule has 0 radical (unpaired) electrons. The normalized spacial score (nSPS) is 16.3. The molecule has 1 aromatic rings. The highest BCUT2D eigenvalue weighted by molar-refractivity contribution is 5.90. The summed E-state index contributed by atoms with van der Waals surface area (Å²) in [7, 11) is 0. The molecule has 0 aromatic heterocycles. The number of hydrogen-bond donors (Lipinski definition) is 2. The molecule has 0 aliphatic carbocycles. The number of urea groups is 1. The van der Waals surface area contributed by atoms with E-state index in [1.165, 1.54) is 0 Å². The van der Waals surface area contributed by atoms with Crippen LogP contribution in [0.1, 0.15) is 34.1 Å². The Hall–Kier alpha value is -2.57. The van der Waals surface area contributed by atoms with E-state index in [4.69, 9.17) is 0 Å². The number of nitrogens with zero attached hydrogens (tertiary/aromatic N) is 2. The first-order valence-electron chi connectivity index (χ1n) is 9.39. The lowest BCUT2D eigenvalue weighted by Gasteiger charge is -2.27. The van der Waals surface area contributed by atoms with Crippen molar-refractivity contribution in [2.24, 2.45) is 5.41 Å². The number of benzene rings is 1. The second-order valence-electron chi connectivity index (χ2n) is 7.91. The highest BCUT2D eigenvalue weighted by atomic mass is 16.2. The largest absolute Gasteiger partial charge is 0.344 e. The summed E-state index contributed by atoms with van der Waals surface area (Å²) >= 11 is 0. The van der Waals surface area contributed by atoms with Crippen molar-refractivity contribution in [3.8, 4) is 0 Å². The lowest BCUT2D eigenvalue weighted by Crippen LogP contribution is -2.50. The first-order valence-corrected chi connectivity index (χ1v) is 9.39. The van der Waals surface area contributed by atoms with Crippen LogP contribution in [0.3, 0.4) is 0 Å². The summed E-state index contributed by atoms with van der Waals surface area (Å²) in [5, 5.41) is 5.66. The van der Waals surface area contributed by atoms with Crippen molar-refractivity contribution in [1.82, 2.24) is 15.1 Å². The third-order valence-electron chi connectivity index (χ3n) is 4.52. The Bertz CT molecular complexity index is 670. The van der Waals surface area contributed by atoms with Crippen molar-refractivity contribution in [2.75, 3.05) is 31.5 Å². The van der Waals surface area contributed by atoms with Gasteiger partial charge >= 0.3 is 6.03 Å². The summed E-state index contributed by atoms with van der Waals surface area (Å²) in [5.41, 5.74) is 0.206. The predicted molar refractivity (Wildman–Crippen MR) is 105 cm³/mol. The molecule has 0 bridgehead atoms. The van der Waals surface area contributed by atoms with E-state index in [0.29, 0.717) is 32.6 Å². The van der Waals surface area contributed by atoms with Crippen molar-refractivity contribution >= 4 is 23.5 Å². The number of carbonyl (C=O) groups excluding carboxylic acids is 3. The fraction of sp³-hybridized carbons (Fsp3) is 0.550. The van der Waals surface area contributed by atoms with Gasteiger partial charge in [0.15, 0.2) is 0 Å². The molecule has 7 heteroatoms. The van der Waals surface area contributed by atoms with E-state index in [-0.39, 0.29) is 17.8 Å². The monoisotopic (exact) mass is 374 g/mol. The molecule has 1 saturated heterocycles. The molecule has 1 fully saturated rings. The summed E-state index contributed by atoms with van der Waals surface area (Å²) < 4.78 is 0. The molecule has 1 unspecified atom stereocenters. The molecule has 0 saturated carbocycles.